The van der Waals surface area contributed by atoms with E-state index >= 15 is 0 Å². The molecule has 1 unspecified atom stereocenters. The summed E-state index contributed by atoms with van der Waals surface area (Å²) >= 11 is 0. The lowest BCUT2D eigenvalue weighted by molar-refractivity contribution is 0.204. The van der Waals surface area contributed by atoms with Crippen LogP contribution in [0.4, 0.5) is 0 Å². The average molecular weight is 194 g/mol. The van der Waals surface area contributed by atoms with Crippen molar-refractivity contribution in [1.82, 2.24) is 9.55 Å². The van der Waals surface area contributed by atoms with Crippen molar-refractivity contribution in [1.29, 1.82) is 0 Å². The fraction of sp³-hybridized carbons (Fsp3) is 0.750. The zero-order valence-electron chi connectivity index (χ0n) is 10.0. The first-order valence-electron chi connectivity index (χ1n) is 5.42. The van der Waals surface area contributed by atoms with Crippen LogP contribution < -0.4 is 0 Å². The predicted octanol–water partition coefficient (Wildman–Crippen LogP) is 3.26. The maximum absolute atomic E-state index is 4.15. The molecule has 0 N–H and O–H groups in total. The molecule has 1 aromatic rings. The monoisotopic (exact) mass is 194 g/mol. The molecule has 0 aliphatic heterocycles. The predicted molar refractivity (Wildman–Crippen MR) is 60.2 cm³/mol. The van der Waals surface area contributed by atoms with Crippen molar-refractivity contribution >= 4 is 0 Å². The molecule has 2 heteroatoms. The summed E-state index contributed by atoms with van der Waals surface area (Å²) in [6.45, 7) is 12.4. The van der Waals surface area contributed by atoms with Gasteiger partial charge in [-0.2, -0.15) is 0 Å². The first-order valence-corrected chi connectivity index (χ1v) is 5.42. The van der Waals surface area contributed by atoms with Crippen LogP contribution in [-0.4, -0.2) is 9.55 Å². The van der Waals surface area contributed by atoms with Crippen LogP contribution in [0.2, 0.25) is 0 Å². The molecule has 80 valence electrons. The average Bonchev–Trinajstić information content (AvgIpc) is 2.45. The number of nitrogens with zero attached hydrogens (tertiary/aromatic N) is 2. The summed E-state index contributed by atoms with van der Waals surface area (Å²) in [7, 11) is 0. The van der Waals surface area contributed by atoms with Crippen molar-refractivity contribution in [2.75, 3.05) is 0 Å². The molecule has 0 spiro atoms. The Labute approximate surface area is 87.4 Å². The van der Waals surface area contributed by atoms with Gasteiger partial charge in [-0.3, -0.25) is 0 Å². The van der Waals surface area contributed by atoms with Crippen LogP contribution in [0, 0.1) is 18.3 Å². The van der Waals surface area contributed by atoms with E-state index in [1.165, 1.54) is 12.1 Å². The highest BCUT2D eigenvalue weighted by Gasteiger charge is 2.23. The Balaban J connectivity index is 2.71. The van der Waals surface area contributed by atoms with Gasteiger partial charge in [-0.25, -0.2) is 4.98 Å². The summed E-state index contributed by atoms with van der Waals surface area (Å²) in [5.41, 5.74) is 1.64. The van der Waals surface area contributed by atoms with Crippen LogP contribution in [0.1, 0.15) is 39.8 Å². The molecule has 1 heterocycles. The van der Waals surface area contributed by atoms with E-state index in [2.05, 4.69) is 44.2 Å². The molecule has 0 fully saturated rings. The van der Waals surface area contributed by atoms with Gasteiger partial charge in [-0.1, -0.05) is 34.1 Å². The molecular weight excluding hydrogens is 172 g/mol. The highest BCUT2D eigenvalue weighted by molar-refractivity contribution is 4.94. The standard InChI is InChI=1S/C12H22N2/c1-6-11(12(3,4)5)8-14-9-13-7-10(14)2/h7,9,11H,6,8H2,1-5H3. The highest BCUT2D eigenvalue weighted by Crippen LogP contribution is 2.30. The summed E-state index contributed by atoms with van der Waals surface area (Å²) in [4.78, 5) is 4.15. The number of aromatic nitrogens is 2. The highest BCUT2D eigenvalue weighted by atomic mass is 15.0. The first kappa shape index (κ1) is 11.3. The molecule has 0 saturated heterocycles. The van der Waals surface area contributed by atoms with Crippen molar-refractivity contribution in [2.45, 2.75) is 47.6 Å². The molecule has 0 aromatic carbocycles. The SMILES string of the molecule is CCC(Cn1cncc1C)C(C)(C)C. The summed E-state index contributed by atoms with van der Waals surface area (Å²) in [5, 5.41) is 0. The zero-order chi connectivity index (χ0) is 10.8. The molecule has 1 atom stereocenters. The van der Waals surface area contributed by atoms with E-state index in [-0.39, 0.29) is 0 Å². The fourth-order valence-corrected chi connectivity index (χ4v) is 1.83. The molecule has 14 heavy (non-hydrogen) atoms. The van der Waals surface area contributed by atoms with E-state index < -0.39 is 0 Å². The van der Waals surface area contributed by atoms with E-state index in [4.69, 9.17) is 0 Å². The molecule has 1 rings (SSSR count). The van der Waals surface area contributed by atoms with E-state index in [1.54, 1.807) is 0 Å². The van der Waals surface area contributed by atoms with Crippen molar-refractivity contribution in [3.8, 4) is 0 Å². The zero-order valence-corrected chi connectivity index (χ0v) is 10.0. The van der Waals surface area contributed by atoms with Crippen LogP contribution in [0.3, 0.4) is 0 Å². The van der Waals surface area contributed by atoms with Gasteiger partial charge in [0.05, 0.1) is 6.33 Å². The van der Waals surface area contributed by atoms with Gasteiger partial charge in [0.25, 0.3) is 0 Å². The molecular formula is C12H22N2. The van der Waals surface area contributed by atoms with Crippen molar-refractivity contribution < 1.29 is 0 Å². The number of aryl methyl sites for hydroxylation is 1. The maximum atomic E-state index is 4.15. The Morgan fingerprint density at radius 2 is 2.07 bits per heavy atom. The van der Waals surface area contributed by atoms with E-state index in [9.17, 15) is 0 Å². The minimum Gasteiger partial charge on any atom is -0.335 e. The second-order valence-corrected chi connectivity index (χ2v) is 5.16. The largest absolute Gasteiger partial charge is 0.335 e. The summed E-state index contributed by atoms with van der Waals surface area (Å²) < 4.78 is 2.25. The van der Waals surface area contributed by atoms with Gasteiger partial charge < -0.3 is 4.57 Å². The molecule has 0 aliphatic rings. The molecule has 1 aromatic heterocycles. The van der Waals surface area contributed by atoms with Crippen molar-refractivity contribution in [2.24, 2.45) is 11.3 Å². The number of hydrogen-bond donors (Lipinski definition) is 0. The third-order valence-corrected chi connectivity index (χ3v) is 3.06. The number of imidazole rings is 1. The number of rotatable bonds is 3. The molecule has 0 amide bonds. The molecule has 2 nitrogen and oxygen atoms in total. The van der Waals surface area contributed by atoms with Crippen LogP contribution in [-0.2, 0) is 6.54 Å². The molecule has 0 radical (unpaired) electrons. The van der Waals surface area contributed by atoms with Crippen LogP contribution in [0.15, 0.2) is 12.5 Å². The lowest BCUT2D eigenvalue weighted by Crippen LogP contribution is -2.24. The van der Waals surface area contributed by atoms with Gasteiger partial charge >= 0.3 is 0 Å². The van der Waals surface area contributed by atoms with Gasteiger partial charge in [0, 0.05) is 18.4 Å². The summed E-state index contributed by atoms with van der Waals surface area (Å²) in [5.74, 6) is 0.718. The quantitative estimate of drug-likeness (QED) is 0.722. The van der Waals surface area contributed by atoms with Gasteiger partial charge in [0.1, 0.15) is 0 Å². The molecule has 0 aliphatic carbocycles. The fourth-order valence-electron chi connectivity index (χ4n) is 1.83. The third-order valence-electron chi connectivity index (χ3n) is 3.06. The smallest absolute Gasteiger partial charge is 0.0948 e. The number of hydrogen-bond acceptors (Lipinski definition) is 1. The van der Waals surface area contributed by atoms with Gasteiger partial charge in [-0.15, -0.1) is 0 Å². The lowest BCUT2D eigenvalue weighted by Gasteiger charge is -2.30. The minimum absolute atomic E-state index is 0.380. The van der Waals surface area contributed by atoms with E-state index in [0.717, 1.165) is 12.5 Å². The first-order chi connectivity index (χ1) is 6.45. The second kappa shape index (κ2) is 4.16. The molecule has 0 saturated carbocycles. The summed E-state index contributed by atoms with van der Waals surface area (Å²) in [6.07, 6.45) is 5.08. The van der Waals surface area contributed by atoms with Crippen LogP contribution in [0.5, 0.6) is 0 Å². The van der Waals surface area contributed by atoms with Crippen LogP contribution in [0.25, 0.3) is 0 Å². The Morgan fingerprint density at radius 3 is 2.43 bits per heavy atom. The van der Waals surface area contributed by atoms with Crippen LogP contribution >= 0.6 is 0 Å². The molecule has 0 bridgehead atoms. The maximum Gasteiger partial charge on any atom is 0.0948 e. The minimum atomic E-state index is 0.380. The van der Waals surface area contributed by atoms with Gasteiger partial charge in [0.2, 0.25) is 0 Å². The van der Waals surface area contributed by atoms with E-state index in [0.29, 0.717) is 5.41 Å². The van der Waals surface area contributed by atoms with Gasteiger partial charge in [0.15, 0.2) is 0 Å². The van der Waals surface area contributed by atoms with Gasteiger partial charge in [-0.05, 0) is 18.3 Å². The Kier molecular flexibility index (Phi) is 3.35. The summed E-state index contributed by atoms with van der Waals surface area (Å²) in [6, 6.07) is 0. The Bertz CT molecular complexity index is 281. The normalized spacial score (nSPS) is 14.4. The van der Waals surface area contributed by atoms with E-state index in [1.807, 2.05) is 12.5 Å². The van der Waals surface area contributed by atoms with Crippen molar-refractivity contribution in [3.05, 3.63) is 18.2 Å². The third kappa shape index (κ3) is 2.60. The Hall–Kier alpha value is -0.790. The van der Waals surface area contributed by atoms with Crippen molar-refractivity contribution in [3.63, 3.8) is 0 Å². The second-order valence-electron chi connectivity index (χ2n) is 5.16. The Morgan fingerprint density at radius 1 is 1.43 bits per heavy atom. The lowest BCUT2D eigenvalue weighted by atomic mass is 9.79. The topological polar surface area (TPSA) is 17.8 Å².